The first-order chi connectivity index (χ1) is 12.6. The Bertz CT molecular complexity index is 870. The lowest BCUT2D eigenvalue weighted by molar-refractivity contribution is -0.116. The van der Waals surface area contributed by atoms with E-state index in [1.807, 2.05) is 29.6 Å². The maximum Gasteiger partial charge on any atom is 0.293 e. The zero-order valence-electron chi connectivity index (χ0n) is 14.3. The number of rotatable bonds is 7. The molecule has 0 spiro atoms. The molecule has 2 aromatic heterocycles. The Morgan fingerprint density at radius 2 is 1.96 bits per heavy atom. The van der Waals surface area contributed by atoms with Gasteiger partial charge in [-0.25, -0.2) is 4.98 Å². The number of furan rings is 1. The SMILES string of the molecule is CCc1ccc(NC(=O)CCc2csc(NC(=O)c3ccco3)n2)cc1. The lowest BCUT2D eigenvalue weighted by atomic mass is 10.1. The van der Waals surface area contributed by atoms with Crippen LogP contribution in [0.1, 0.15) is 35.2 Å². The van der Waals surface area contributed by atoms with E-state index in [9.17, 15) is 9.59 Å². The summed E-state index contributed by atoms with van der Waals surface area (Å²) >= 11 is 1.32. The number of nitrogens with one attached hydrogen (secondary N) is 2. The van der Waals surface area contributed by atoms with E-state index < -0.39 is 0 Å². The molecule has 1 aromatic carbocycles. The number of aromatic nitrogens is 1. The van der Waals surface area contributed by atoms with Gasteiger partial charge in [-0.2, -0.15) is 0 Å². The molecule has 0 bridgehead atoms. The van der Waals surface area contributed by atoms with Crippen molar-refractivity contribution in [3.63, 3.8) is 0 Å². The molecular formula is C19H19N3O3S. The van der Waals surface area contributed by atoms with E-state index in [0.717, 1.165) is 17.8 Å². The second kappa shape index (κ2) is 8.44. The highest BCUT2D eigenvalue weighted by atomic mass is 32.1. The van der Waals surface area contributed by atoms with Gasteiger partial charge in [0.15, 0.2) is 10.9 Å². The maximum atomic E-state index is 12.1. The Balaban J connectivity index is 1.48. The van der Waals surface area contributed by atoms with Crippen molar-refractivity contribution in [1.82, 2.24) is 4.98 Å². The second-order valence-electron chi connectivity index (χ2n) is 5.67. The standard InChI is InChI=1S/C19H19N3O3S/c1-2-13-5-7-14(8-6-13)20-17(23)10-9-15-12-26-19(21-15)22-18(24)16-4-3-11-25-16/h3-8,11-12H,2,9-10H2,1H3,(H,20,23)(H,21,22,24). The Hall–Kier alpha value is -2.93. The van der Waals surface area contributed by atoms with Gasteiger partial charge in [-0.15, -0.1) is 11.3 Å². The first kappa shape index (κ1) is 17.9. The van der Waals surface area contributed by atoms with Crippen molar-refractivity contribution in [2.24, 2.45) is 0 Å². The van der Waals surface area contributed by atoms with Crippen LogP contribution in [0, 0.1) is 0 Å². The average Bonchev–Trinajstić information content (AvgIpc) is 3.33. The summed E-state index contributed by atoms with van der Waals surface area (Å²) in [7, 11) is 0. The van der Waals surface area contributed by atoms with Crippen molar-refractivity contribution < 1.29 is 14.0 Å². The van der Waals surface area contributed by atoms with E-state index in [0.29, 0.717) is 18.0 Å². The van der Waals surface area contributed by atoms with Gasteiger partial charge < -0.3 is 9.73 Å². The Labute approximate surface area is 155 Å². The van der Waals surface area contributed by atoms with Crippen molar-refractivity contribution in [3.8, 4) is 0 Å². The molecule has 0 aliphatic heterocycles. The van der Waals surface area contributed by atoms with Crippen LogP contribution in [0.2, 0.25) is 0 Å². The fraction of sp³-hybridized carbons (Fsp3) is 0.211. The summed E-state index contributed by atoms with van der Waals surface area (Å²) in [5.74, 6) is -0.178. The molecule has 6 nitrogen and oxygen atoms in total. The van der Waals surface area contributed by atoms with E-state index in [-0.39, 0.29) is 17.6 Å². The van der Waals surface area contributed by atoms with E-state index >= 15 is 0 Å². The van der Waals surface area contributed by atoms with Gasteiger partial charge in [-0.1, -0.05) is 19.1 Å². The fourth-order valence-electron chi connectivity index (χ4n) is 2.33. The van der Waals surface area contributed by atoms with Crippen LogP contribution in [-0.2, 0) is 17.6 Å². The molecule has 2 amide bonds. The van der Waals surface area contributed by atoms with Gasteiger partial charge in [-0.05, 0) is 42.7 Å². The highest BCUT2D eigenvalue weighted by molar-refractivity contribution is 7.13. The van der Waals surface area contributed by atoms with Crippen LogP contribution in [0.3, 0.4) is 0 Å². The minimum atomic E-state index is -0.343. The van der Waals surface area contributed by atoms with Crippen molar-refractivity contribution in [3.05, 3.63) is 65.1 Å². The summed E-state index contributed by atoms with van der Waals surface area (Å²) in [6, 6.07) is 11.1. The van der Waals surface area contributed by atoms with Crippen LogP contribution in [0.25, 0.3) is 0 Å². The van der Waals surface area contributed by atoms with Crippen LogP contribution in [0.4, 0.5) is 10.8 Å². The maximum absolute atomic E-state index is 12.1. The zero-order chi connectivity index (χ0) is 18.4. The highest BCUT2D eigenvalue weighted by Gasteiger charge is 2.12. The van der Waals surface area contributed by atoms with E-state index in [1.54, 1.807) is 12.1 Å². The fourth-order valence-corrected chi connectivity index (χ4v) is 3.07. The molecule has 0 aliphatic rings. The van der Waals surface area contributed by atoms with Crippen molar-refractivity contribution in [2.75, 3.05) is 10.6 Å². The molecule has 0 fully saturated rings. The Morgan fingerprint density at radius 3 is 2.65 bits per heavy atom. The van der Waals surface area contributed by atoms with Gasteiger partial charge in [0.05, 0.1) is 12.0 Å². The van der Waals surface area contributed by atoms with Crippen molar-refractivity contribution in [2.45, 2.75) is 26.2 Å². The quantitative estimate of drug-likeness (QED) is 0.656. The number of aryl methyl sites for hydroxylation is 2. The molecular weight excluding hydrogens is 350 g/mol. The highest BCUT2D eigenvalue weighted by Crippen LogP contribution is 2.18. The van der Waals surface area contributed by atoms with E-state index in [1.165, 1.54) is 23.2 Å². The molecule has 0 unspecified atom stereocenters. The topological polar surface area (TPSA) is 84.2 Å². The second-order valence-corrected chi connectivity index (χ2v) is 6.53. The van der Waals surface area contributed by atoms with Crippen LogP contribution in [-0.4, -0.2) is 16.8 Å². The van der Waals surface area contributed by atoms with Gasteiger partial charge in [0.1, 0.15) is 0 Å². The Kier molecular flexibility index (Phi) is 5.80. The van der Waals surface area contributed by atoms with E-state index in [4.69, 9.17) is 4.42 Å². The van der Waals surface area contributed by atoms with Crippen LogP contribution >= 0.6 is 11.3 Å². The van der Waals surface area contributed by atoms with Gasteiger partial charge in [0.2, 0.25) is 5.91 Å². The number of anilines is 2. The monoisotopic (exact) mass is 369 g/mol. The summed E-state index contributed by atoms with van der Waals surface area (Å²) in [6.07, 6.45) is 3.24. The third-order valence-corrected chi connectivity index (χ3v) is 4.58. The summed E-state index contributed by atoms with van der Waals surface area (Å²) < 4.78 is 5.04. The van der Waals surface area contributed by atoms with E-state index in [2.05, 4.69) is 22.5 Å². The third-order valence-electron chi connectivity index (χ3n) is 3.77. The average molecular weight is 369 g/mol. The third kappa shape index (κ3) is 4.80. The zero-order valence-corrected chi connectivity index (χ0v) is 15.1. The Morgan fingerprint density at radius 1 is 1.15 bits per heavy atom. The molecule has 2 N–H and O–H groups in total. The van der Waals surface area contributed by atoms with Crippen LogP contribution < -0.4 is 10.6 Å². The number of carbonyl (C=O) groups is 2. The number of carbonyl (C=O) groups excluding carboxylic acids is 2. The number of thiazole rings is 1. The molecule has 2 heterocycles. The summed E-state index contributed by atoms with van der Waals surface area (Å²) in [5, 5.41) is 7.87. The normalized spacial score (nSPS) is 10.5. The summed E-state index contributed by atoms with van der Waals surface area (Å²) in [4.78, 5) is 28.3. The summed E-state index contributed by atoms with van der Waals surface area (Å²) in [5.41, 5.74) is 2.78. The first-order valence-electron chi connectivity index (χ1n) is 8.32. The predicted octanol–water partition coefficient (Wildman–Crippen LogP) is 4.12. The lowest BCUT2D eigenvalue weighted by Crippen LogP contribution is -2.13. The number of amides is 2. The predicted molar refractivity (Wildman–Crippen MR) is 102 cm³/mol. The molecule has 7 heteroatoms. The largest absolute Gasteiger partial charge is 0.459 e. The van der Waals surface area contributed by atoms with Gasteiger partial charge >= 0.3 is 0 Å². The number of nitrogens with zero attached hydrogens (tertiary/aromatic N) is 1. The minimum Gasteiger partial charge on any atom is -0.459 e. The molecule has 0 aliphatic carbocycles. The van der Waals surface area contributed by atoms with Crippen molar-refractivity contribution >= 4 is 34.0 Å². The molecule has 0 radical (unpaired) electrons. The van der Waals surface area contributed by atoms with Gasteiger partial charge in [-0.3, -0.25) is 14.9 Å². The lowest BCUT2D eigenvalue weighted by Gasteiger charge is -2.05. The number of benzene rings is 1. The molecule has 134 valence electrons. The van der Waals surface area contributed by atoms with Crippen LogP contribution in [0.5, 0.6) is 0 Å². The smallest absolute Gasteiger partial charge is 0.293 e. The molecule has 3 aromatic rings. The number of hydrogen-bond donors (Lipinski definition) is 2. The molecule has 0 saturated heterocycles. The van der Waals surface area contributed by atoms with Crippen LogP contribution in [0.15, 0.2) is 52.5 Å². The molecule has 26 heavy (non-hydrogen) atoms. The molecule has 0 saturated carbocycles. The number of hydrogen-bond acceptors (Lipinski definition) is 5. The summed E-state index contributed by atoms with van der Waals surface area (Å²) in [6.45, 7) is 2.09. The van der Waals surface area contributed by atoms with Gasteiger partial charge in [0, 0.05) is 17.5 Å². The minimum absolute atomic E-state index is 0.0663. The first-order valence-corrected chi connectivity index (χ1v) is 9.20. The van der Waals surface area contributed by atoms with Crippen molar-refractivity contribution in [1.29, 1.82) is 0 Å². The van der Waals surface area contributed by atoms with Gasteiger partial charge in [0.25, 0.3) is 5.91 Å². The molecule has 3 rings (SSSR count). The molecule has 0 atom stereocenters.